The minimum Gasteiger partial charge on any atom is -0.379 e. The molecule has 1 N–H and O–H groups in total. The van der Waals surface area contributed by atoms with Gasteiger partial charge in [0.05, 0.1) is 16.9 Å². The van der Waals surface area contributed by atoms with Gasteiger partial charge in [-0.25, -0.2) is 4.39 Å². The molecule has 0 aliphatic heterocycles. The van der Waals surface area contributed by atoms with Crippen LogP contribution in [0.15, 0.2) is 36.7 Å². The monoisotopic (exact) mass is 250 g/mol. The Balaban J connectivity index is 2.13. The molecule has 1 heterocycles. The SMILES string of the molecule is Cc1cccc(Cl)c1NCc1cncc(F)c1. The molecule has 0 aliphatic carbocycles. The predicted octanol–water partition coefficient (Wildman–Crippen LogP) is 3.79. The summed E-state index contributed by atoms with van der Waals surface area (Å²) in [5.74, 6) is -0.333. The van der Waals surface area contributed by atoms with E-state index in [-0.39, 0.29) is 5.82 Å². The molecule has 17 heavy (non-hydrogen) atoms. The Labute approximate surface area is 104 Å². The number of hydrogen-bond acceptors (Lipinski definition) is 2. The highest BCUT2D eigenvalue weighted by Crippen LogP contribution is 2.25. The molecule has 0 saturated carbocycles. The summed E-state index contributed by atoms with van der Waals surface area (Å²) in [6.07, 6.45) is 2.81. The third-order valence-electron chi connectivity index (χ3n) is 2.45. The van der Waals surface area contributed by atoms with Gasteiger partial charge in [-0.2, -0.15) is 0 Å². The van der Waals surface area contributed by atoms with E-state index in [4.69, 9.17) is 11.6 Å². The minimum absolute atomic E-state index is 0.333. The molecule has 0 fully saturated rings. The second-order valence-electron chi connectivity index (χ2n) is 3.80. The Morgan fingerprint density at radius 2 is 2.18 bits per heavy atom. The van der Waals surface area contributed by atoms with E-state index in [9.17, 15) is 4.39 Å². The van der Waals surface area contributed by atoms with Crippen LogP contribution >= 0.6 is 11.6 Å². The highest BCUT2D eigenvalue weighted by atomic mass is 35.5. The molecule has 0 saturated heterocycles. The molecule has 4 heteroatoms. The number of anilines is 1. The first-order chi connectivity index (χ1) is 8.16. The van der Waals surface area contributed by atoms with E-state index >= 15 is 0 Å². The first-order valence-electron chi connectivity index (χ1n) is 5.25. The molecule has 2 nitrogen and oxygen atoms in total. The lowest BCUT2D eigenvalue weighted by atomic mass is 10.2. The number of pyridine rings is 1. The summed E-state index contributed by atoms with van der Waals surface area (Å²) >= 11 is 6.07. The summed E-state index contributed by atoms with van der Waals surface area (Å²) in [7, 11) is 0. The van der Waals surface area contributed by atoms with Gasteiger partial charge in [0.2, 0.25) is 0 Å². The lowest BCUT2D eigenvalue weighted by Crippen LogP contribution is -2.02. The Kier molecular flexibility index (Phi) is 3.59. The standard InChI is InChI=1S/C13H12ClFN2/c1-9-3-2-4-12(14)13(9)17-7-10-5-11(15)8-16-6-10/h2-6,8,17H,7H2,1H3. The molecule has 0 aliphatic rings. The van der Waals surface area contributed by atoms with Crippen molar-refractivity contribution in [1.82, 2.24) is 4.98 Å². The Hall–Kier alpha value is -1.61. The summed E-state index contributed by atoms with van der Waals surface area (Å²) in [5, 5.41) is 3.85. The average Bonchev–Trinajstić information content (AvgIpc) is 2.28. The molecule has 88 valence electrons. The van der Waals surface area contributed by atoms with Gasteiger partial charge in [-0.3, -0.25) is 4.98 Å². The molecule has 1 aromatic carbocycles. The first-order valence-corrected chi connectivity index (χ1v) is 5.63. The summed E-state index contributed by atoms with van der Waals surface area (Å²) in [5.41, 5.74) is 2.71. The molecule has 0 atom stereocenters. The summed E-state index contributed by atoms with van der Waals surface area (Å²) < 4.78 is 12.9. The molecule has 0 spiro atoms. The summed E-state index contributed by atoms with van der Waals surface area (Å²) in [4.78, 5) is 3.79. The second-order valence-corrected chi connectivity index (χ2v) is 4.20. The van der Waals surface area contributed by atoms with Crippen LogP contribution in [0.2, 0.25) is 5.02 Å². The quantitative estimate of drug-likeness (QED) is 0.896. The summed E-state index contributed by atoms with van der Waals surface area (Å²) in [6, 6.07) is 7.14. The number of rotatable bonds is 3. The number of halogens is 2. The number of benzene rings is 1. The van der Waals surface area contributed by atoms with E-state index in [1.807, 2.05) is 25.1 Å². The van der Waals surface area contributed by atoms with Crippen molar-refractivity contribution in [3.05, 3.63) is 58.6 Å². The third kappa shape index (κ3) is 2.94. The van der Waals surface area contributed by atoms with Gasteiger partial charge in [-0.05, 0) is 30.2 Å². The maximum Gasteiger partial charge on any atom is 0.141 e. The van der Waals surface area contributed by atoms with Crippen molar-refractivity contribution in [2.24, 2.45) is 0 Å². The van der Waals surface area contributed by atoms with Gasteiger partial charge in [-0.15, -0.1) is 0 Å². The molecule has 0 bridgehead atoms. The normalized spacial score (nSPS) is 10.3. The molecular formula is C13H12ClFN2. The fourth-order valence-electron chi connectivity index (χ4n) is 1.60. The van der Waals surface area contributed by atoms with Crippen LogP contribution in [0.3, 0.4) is 0 Å². The molecule has 0 radical (unpaired) electrons. The number of hydrogen-bond donors (Lipinski definition) is 1. The Morgan fingerprint density at radius 1 is 1.35 bits per heavy atom. The van der Waals surface area contributed by atoms with Crippen LogP contribution in [0.1, 0.15) is 11.1 Å². The van der Waals surface area contributed by atoms with E-state index in [0.29, 0.717) is 11.6 Å². The van der Waals surface area contributed by atoms with Crippen LogP contribution in [-0.2, 0) is 6.54 Å². The molecule has 0 amide bonds. The van der Waals surface area contributed by atoms with Crippen molar-refractivity contribution in [1.29, 1.82) is 0 Å². The fourth-order valence-corrected chi connectivity index (χ4v) is 1.89. The van der Waals surface area contributed by atoms with Gasteiger partial charge in [0.25, 0.3) is 0 Å². The van der Waals surface area contributed by atoms with E-state index in [0.717, 1.165) is 16.8 Å². The topological polar surface area (TPSA) is 24.9 Å². The van der Waals surface area contributed by atoms with Crippen molar-refractivity contribution in [3.8, 4) is 0 Å². The van der Waals surface area contributed by atoms with Crippen molar-refractivity contribution in [2.75, 3.05) is 5.32 Å². The van der Waals surface area contributed by atoms with Crippen molar-refractivity contribution in [3.63, 3.8) is 0 Å². The smallest absolute Gasteiger partial charge is 0.141 e. The highest BCUT2D eigenvalue weighted by molar-refractivity contribution is 6.33. The molecule has 1 aromatic heterocycles. The van der Waals surface area contributed by atoms with E-state index in [1.165, 1.54) is 12.3 Å². The van der Waals surface area contributed by atoms with E-state index < -0.39 is 0 Å². The fraction of sp³-hybridized carbons (Fsp3) is 0.154. The molecule has 0 unspecified atom stereocenters. The number of aryl methyl sites for hydroxylation is 1. The minimum atomic E-state index is -0.333. The summed E-state index contributed by atoms with van der Waals surface area (Å²) in [6.45, 7) is 2.47. The molecule has 2 aromatic rings. The van der Waals surface area contributed by atoms with Crippen LogP contribution in [0.25, 0.3) is 0 Å². The van der Waals surface area contributed by atoms with Gasteiger partial charge in [-0.1, -0.05) is 23.7 Å². The lowest BCUT2D eigenvalue weighted by Gasteiger charge is -2.11. The lowest BCUT2D eigenvalue weighted by molar-refractivity contribution is 0.619. The maximum atomic E-state index is 12.9. The van der Waals surface area contributed by atoms with Gasteiger partial charge in [0.1, 0.15) is 5.82 Å². The van der Waals surface area contributed by atoms with Gasteiger partial charge < -0.3 is 5.32 Å². The van der Waals surface area contributed by atoms with Crippen molar-refractivity contribution in [2.45, 2.75) is 13.5 Å². The molecular weight excluding hydrogens is 239 g/mol. The first kappa shape index (κ1) is 11.9. The second kappa shape index (κ2) is 5.15. The molecule has 2 rings (SSSR count). The maximum absolute atomic E-state index is 12.9. The van der Waals surface area contributed by atoms with Gasteiger partial charge in [0.15, 0.2) is 0 Å². The van der Waals surface area contributed by atoms with Gasteiger partial charge in [0, 0.05) is 12.7 Å². The van der Waals surface area contributed by atoms with Crippen molar-refractivity contribution >= 4 is 17.3 Å². The predicted molar refractivity (Wildman–Crippen MR) is 67.7 cm³/mol. The Bertz CT molecular complexity index is 508. The number of nitrogens with zero attached hydrogens (tertiary/aromatic N) is 1. The number of aromatic nitrogens is 1. The number of para-hydroxylation sites is 1. The number of nitrogens with one attached hydrogen (secondary N) is 1. The zero-order valence-electron chi connectivity index (χ0n) is 9.37. The zero-order valence-corrected chi connectivity index (χ0v) is 10.1. The van der Waals surface area contributed by atoms with Crippen LogP contribution < -0.4 is 5.32 Å². The van der Waals surface area contributed by atoms with Crippen molar-refractivity contribution < 1.29 is 4.39 Å². The average molecular weight is 251 g/mol. The van der Waals surface area contributed by atoms with Crippen LogP contribution in [0.4, 0.5) is 10.1 Å². The Morgan fingerprint density at radius 3 is 2.88 bits per heavy atom. The third-order valence-corrected chi connectivity index (χ3v) is 2.77. The van der Waals surface area contributed by atoms with Crippen LogP contribution in [0, 0.1) is 12.7 Å². The van der Waals surface area contributed by atoms with E-state index in [1.54, 1.807) is 6.20 Å². The van der Waals surface area contributed by atoms with Crippen LogP contribution in [-0.4, -0.2) is 4.98 Å². The highest BCUT2D eigenvalue weighted by Gasteiger charge is 2.03. The zero-order chi connectivity index (χ0) is 12.3. The van der Waals surface area contributed by atoms with Gasteiger partial charge >= 0.3 is 0 Å². The largest absolute Gasteiger partial charge is 0.379 e. The van der Waals surface area contributed by atoms with E-state index in [2.05, 4.69) is 10.3 Å². The van der Waals surface area contributed by atoms with Crippen LogP contribution in [0.5, 0.6) is 0 Å².